The minimum Gasteiger partial charge on any atom is -0.328 e. The molecule has 1 amide bonds. The van der Waals surface area contributed by atoms with E-state index in [1.54, 1.807) is 11.1 Å². The Balaban J connectivity index is 1.81. The largest absolute Gasteiger partial charge is 0.328 e. The summed E-state index contributed by atoms with van der Waals surface area (Å²) in [6.45, 7) is 0.875. The maximum Gasteiger partial charge on any atom is 0.254 e. The molecule has 2 N–H and O–H groups in total. The predicted molar refractivity (Wildman–Crippen MR) is 73.4 cm³/mol. The summed E-state index contributed by atoms with van der Waals surface area (Å²) in [6.07, 6.45) is 3.15. The van der Waals surface area contributed by atoms with Crippen LogP contribution in [0, 0.1) is 0 Å². The molecule has 21 heavy (non-hydrogen) atoms. The van der Waals surface area contributed by atoms with Crippen molar-refractivity contribution in [1.29, 1.82) is 0 Å². The van der Waals surface area contributed by atoms with Crippen LogP contribution < -0.4 is 5.14 Å². The summed E-state index contributed by atoms with van der Waals surface area (Å²) < 4.78 is 22.4. The molecule has 0 fully saturated rings. The summed E-state index contributed by atoms with van der Waals surface area (Å²) in [5.74, 6) is -0.186. The highest BCUT2D eigenvalue weighted by molar-refractivity contribution is 7.89. The molecule has 0 saturated heterocycles. The Morgan fingerprint density at radius 2 is 1.90 bits per heavy atom. The summed E-state index contributed by atoms with van der Waals surface area (Å²) >= 11 is 0. The van der Waals surface area contributed by atoms with Crippen molar-refractivity contribution in [3.63, 3.8) is 0 Å². The first kappa shape index (κ1) is 13.7. The zero-order chi connectivity index (χ0) is 15.0. The van der Waals surface area contributed by atoms with Crippen LogP contribution in [0.2, 0.25) is 0 Å². The van der Waals surface area contributed by atoms with E-state index in [4.69, 9.17) is 5.14 Å². The molecule has 7 nitrogen and oxygen atoms in total. The molecule has 2 heterocycles. The Hall–Kier alpha value is -2.32. The number of primary sulfonamides is 1. The van der Waals surface area contributed by atoms with Crippen LogP contribution in [0.4, 0.5) is 0 Å². The monoisotopic (exact) mass is 304 g/mol. The fourth-order valence-corrected chi connectivity index (χ4v) is 2.73. The number of amides is 1. The summed E-state index contributed by atoms with van der Waals surface area (Å²) in [6, 6.07) is 5.56. The van der Waals surface area contributed by atoms with Crippen LogP contribution in [0.5, 0.6) is 0 Å². The molecule has 0 unspecified atom stereocenters. The fraction of sp³-hybridized carbons (Fsp3) is 0.154. The molecular weight excluding hydrogens is 292 g/mol. The lowest BCUT2D eigenvalue weighted by atomic mass is 10.2. The van der Waals surface area contributed by atoms with Gasteiger partial charge in [0.15, 0.2) is 0 Å². The number of sulfonamides is 1. The van der Waals surface area contributed by atoms with Crippen molar-refractivity contribution < 1.29 is 13.2 Å². The van der Waals surface area contributed by atoms with Crippen LogP contribution in [0.3, 0.4) is 0 Å². The average molecular weight is 304 g/mol. The van der Waals surface area contributed by atoms with Crippen molar-refractivity contribution >= 4 is 15.9 Å². The van der Waals surface area contributed by atoms with Gasteiger partial charge in [-0.25, -0.2) is 23.5 Å². The number of fused-ring (bicyclic) bond motifs is 1. The van der Waals surface area contributed by atoms with Gasteiger partial charge in [-0.2, -0.15) is 0 Å². The Bertz CT molecular complexity index is 777. The van der Waals surface area contributed by atoms with Gasteiger partial charge >= 0.3 is 0 Å². The topological polar surface area (TPSA) is 106 Å². The normalized spacial score (nSPS) is 14.0. The molecule has 0 aliphatic carbocycles. The summed E-state index contributed by atoms with van der Waals surface area (Å²) in [5, 5.41) is 5.02. The molecule has 3 rings (SSSR count). The van der Waals surface area contributed by atoms with Gasteiger partial charge in [0.25, 0.3) is 5.91 Å². The SMILES string of the molecule is NS(=O)(=O)c1ccc(C(=O)N2Cc3cncnc3C2)cc1. The van der Waals surface area contributed by atoms with Gasteiger partial charge in [-0.15, -0.1) is 0 Å². The number of carbonyl (C=O) groups excluding carboxylic acids is 1. The lowest BCUT2D eigenvalue weighted by Gasteiger charge is -2.15. The minimum atomic E-state index is -3.75. The minimum absolute atomic E-state index is 0.0189. The maximum atomic E-state index is 12.4. The highest BCUT2D eigenvalue weighted by Gasteiger charge is 2.25. The van der Waals surface area contributed by atoms with E-state index in [0.29, 0.717) is 18.7 Å². The Morgan fingerprint density at radius 1 is 1.19 bits per heavy atom. The second kappa shape index (κ2) is 4.90. The van der Waals surface area contributed by atoms with Crippen molar-refractivity contribution in [2.24, 2.45) is 5.14 Å². The summed E-state index contributed by atoms with van der Waals surface area (Å²) in [5.41, 5.74) is 2.16. The van der Waals surface area contributed by atoms with Gasteiger partial charge in [0.2, 0.25) is 10.0 Å². The third-order valence-electron chi connectivity index (χ3n) is 3.30. The molecule has 1 aliphatic heterocycles. The number of hydrogen-bond acceptors (Lipinski definition) is 5. The Labute approximate surface area is 121 Å². The number of benzene rings is 1. The van der Waals surface area contributed by atoms with E-state index in [0.717, 1.165) is 11.3 Å². The zero-order valence-electron chi connectivity index (χ0n) is 10.9. The molecule has 2 aromatic rings. The van der Waals surface area contributed by atoms with E-state index in [-0.39, 0.29) is 10.8 Å². The first-order chi connectivity index (χ1) is 9.95. The summed E-state index contributed by atoms with van der Waals surface area (Å²) in [4.78, 5) is 22.0. The van der Waals surface area contributed by atoms with Crippen LogP contribution >= 0.6 is 0 Å². The smallest absolute Gasteiger partial charge is 0.254 e. The van der Waals surface area contributed by atoms with Crippen LogP contribution in [-0.4, -0.2) is 29.2 Å². The quantitative estimate of drug-likeness (QED) is 0.857. The number of carbonyl (C=O) groups is 1. The van der Waals surface area contributed by atoms with Gasteiger partial charge in [-0.05, 0) is 24.3 Å². The molecule has 0 saturated carbocycles. The number of aromatic nitrogens is 2. The third kappa shape index (κ3) is 2.63. The van der Waals surface area contributed by atoms with E-state index in [9.17, 15) is 13.2 Å². The van der Waals surface area contributed by atoms with E-state index >= 15 is 0 Å². The second-order valence-corrected chi connectivity index (χ2v) is 6.29. The van der Waals surface area contributed by atoms with E-state index in [1.807, 2.05) is 0 Å². The van der Waals surface area contributed by atoms with E-state index < -0.39 is 10.0 Å². The van der Waals surface area contributed by atoms with Crippen molar-refractivity contribution in [1.82, 2.24) is 14.9 Å². The first-order valence-corrected chi connectivity index (χ1v) is 7.70. The average Bonchev–Trinajstić information content (AvgIpc) is 2.89. The van der Waals surface area contributed by atoms with Gasteiger partial charge < -0.3 is 4.90 Å². The molecule has 0 atom stereocenters. The Morgan fingerprint density at radius 3 is 2.52 bits per heavy atom. The van der Waals surface area contributed by atoms with Crippen molar-refractivity contribution in [2.45, 2.75) is 18.0 Å². The van der Waals surface area contributed by atoms with E-state index in [2.05, 4.69) is 9.97 Å². The molecule has 1 aromatic carbocycles. The van der Waals surface area contributed by atoms with Crippen molar-refractivity contribution in [3.8, 4) is 0 Å². The number of hydrogen-bond donors (Lipinski definition) is 1. The fourth-order valence-electron chi connectivity index (χ4n) is 2.21. The molecule has 0 radical (unpaired) electrons. The third-order valence-corrected chi connectivity index (χ3v) is 4.23. The summed E-state index contributed by atoms with van der Waals surface area (Å²) in [7, 11) is -3.75. The predicted octanol–water partition coefficient (Wildman–Crippen LogP) is 0.280. The van der Waals surface area contributed by atoms with Crippen LogP contribution in [0.15, 0.2) is 41.7 Å². The van der Waals surface area contributed by atoms with Crippen molar-refractivity contribution in [2.75, 3.05) is 0 Å². The number of nitrogens with zero attached hydrogens (tertiary/aromatic N) is 3. The van der Waals surface area contributed by atoms with Gasteiger partial charge in [-0.1, -0.05) is 0 Å². The lowest BCUT2D eigenvalue weighted by Crippen LogP contribution is -2.25. The van der Waals surface area contributed by atoms with Crippen LogP contribution in [0.25, 0.3) is 0 Å². The molecule has 1 aromatic heterocycles. The van der Waals surface area contributed by atoms with Crippen LogP contribution in [0.1, 0.15) is 21.6 Å². The van der Waals surface area contributed by atoms with E-state index in [1.165, 1.54) is 30.6 Å². The molecule has 1 aliphatic rings. The van der Waals surface area contributed by atoms with Gasteiger partial charge in [-0.3, -0.25) is 4.79 Å². The Kier molecular flexibility index (Phi) is 3.19. The second-order valence-electron chi connectivity index (χ2n) is 4.73. The molecule has 0 bridgehead atoms. The maximum absolute atomic E-state index is 12.4. The standard InChI is InChI=1S/C13H12N4O3S/c14-21(19,20)11-3-1-9(2-4-11)13(18)17-6-10-5-15-8-16-12(10)7-17/h1-5,8H,6-7H2,(H2,14,19,20). The lowest BCUT2D eigenvalue weighted by molar-refractivity contribution is 0.0750. The molecule has 8 heteroatoms. The zero-order valence-corrected chi connectivity index (χ0v) is 11.7. The van der Waals surface area contributed by atoms with Gasteiger partial charge in [0.1, 0.15) is 6.33 Å². The number of rotatable bonds is 2. The highest BCUT2D eigenvalue weighted by Crippen LogP contribution is 2.22. The van der Waals surface area contributed by atoms with Crippen molar-refractivity contribution in [3.05, 3.63) is 53.6 Å². The van der Waals surface area contributed by atoms with Gasteiger partial charge in [0, 0.05) is 23.9 Å². The number of nitrogens with two attached hydrogens (primary N) is 1. The van der Waals surface area contributed by atoms with Gasteiger partial charge in [0.05, 0.1) is 17.1 Å². The molecule has 0 spiro atoms. The molecular formula is C13H12N4O3S. The van der Waals surface area contributed by atoms with Crippen LogP contribution in [-0.2, 0) is 23.1 Å². The first-order valence-electron chi connectivity index (χ1n) is 6.15. The molecule has 108 valence electrons. The highest BCUT2D eigenvalue weighted by atomic mass is 32.2.